The molecule has 0 aromatic heterocycles. The summed E-state index contributed by atoms with van der Waals surface area (Å²) in [6.45, 7) is 8.65. The smallest absolute Gasteiger partial charge is 0.410 e. The molecule has 7 nitrogen and oxygen atoms in total. The van der Waals surface area contributed by atoms with Gasteiger partial charge in [0, 0.05) is 36.8 Å². The third-order valence-corrected chi connectivity index (χ3v) is 4.89. The normalized spacial score (nSPS) is 15.9. The molecule has 0 bridgehead atoms. The number of nitro benzene ring substituents is 1. The van der Waals surface area contributed by atoms with Crippen LogP contribution in [0.5, 0.6) is 0 Å². The zero-order valence-corrected chi connectivity index (χ0v) is 17.5. The summed E-state index contributed by atoms with van der Waals surface area (Å²) < 4.78 is 5.42. The highest BCUT2D eigenvalue weighted by atomic mass is 32.1. The standard InChI is InChI=1S/C20H27N3O4S/c1-5-17(14-6-8-16(9-7-14)23(25)26)21-18(28)15-10-12-22(13-11-15)19(24)27-20(2,3)4/h5-9,15H,10-13H2,1-4H3,(H,21,28)/b17-5-. The number of hydrogen-bond donors (Lipinski definition) is 1. The molecule has 1 aliphatic rings. The van der Waals surface area contributed by atoms with E-state index in [-0.39, 0.29) is 17.7 Å². The summed E-state index contributed by atoms with van der Waals surface area (Å²) in [4.78, 5) is 25.0. The van der Waals surface area contributed by atoms with Crippen LogP contribution in [-0.2, 0) is 4.74 Å². The first-order chi connectivity index (χ1) is 13.1. The Labute approximate surface area is 170 Å². The van der Waals surface area contributed by atoms with E-state index in [1.807, 2.05) is 33.8 Å². The molecule has 0 unspecified atom stereocenters. The molecule has 0 spiro atoms. The van der Waals surface area contributed by atoms with Crippen LogP contribution >= 0.6 is 12.2 Å². The number of nitrogens with zero attached hydrogens (tertiary/aromatic N) is 2. The van der Waals surface area contributed by atoms with E-state index in [1.165, 1.54) is 12.1 Å². The monoisotopic (exact) mass is 405 g/mol. The van der Waals surface area contributed by atoms with E-state index in [4.69, 9.17) is 17.0 Å². The maximum absolute atomic E-state index is 12.2. The van der Waals surface area contributed by atoms with Gasteiger partial charge in [0.15, 0.2) is 0 Å². The SMILES string of the molecule is C/C=C(\NC(=S)C1CCN(C(=O)OC(C)(C)C)CC1)c1ccc([N+](=O)[O-])cc1. The van der Waals surface area contributed by atoms with Crippen molar-refractivity contribution in [1.82, 2.24) is 10.2 Å². The van der Waals surface area contributed by atoms with Crippen molar-refractivity contribution in [2.24, 2.45) is 5.92 Å². The summed E-state index contributed by atoms with van der Waals surface area (Å²) >= 11 is 5.58. The van der Waals surface area contributed by atoms with Gasteiger partial charge in [-0.05, 0) is 58.2 Å². The minimum atomic E-state index is -0.504. The number of hydrogen-bond acceptors (Lipinski definition) is 5. The van der Waals surface area contributed by atoms with Crippen LogP contribution < -0.4 is 5.32 Å². The first-order valence-corrected chi connectivity index (χ1v) is 9.71. The number of amides is 1. The van der Waals surface area contributed by atoms with Gasteiger partial charge in [0.2, 0.25) is 0 Å². The highest BCUT2D eigenvalue weighted by Crippen LogP contribution is 2.23. The molecule has 1 aromatic rings. The Morgan fingerprint density at radius 3 is 2.32 bits per heavy atom. The zero-order chi connectivity index (χ0) is 20.9. The molecule has 1 aliphatic heterocycles. The minimum Gasteiger partial charge on any atom is -0.444 e. The molecule has 1 fully saturated rings. The van der Waals surface area contributed by atoms with Crippen LogP contribution in [0.25, 0.3) is 5.70 Å². The molecule has 28 heavy (non-hydrogen) atoms. The number of nitro groups is 1. The lowest BCUT2D eigenvalue weighted by atomic mass is 9.96. The number of likely N-dealkylation sites (tertiary alicyclic amines) is 1. The van der Waals surface area contributed by atoms with Crippen LogP contribution in [0.2, 0.25) is 0 Å². The van der Waals surface area contributed by atoms with Gasteiger partial charge in [-0.3, -0.25) is 10.1 Å². The second kappa shape index (κ2) is 9.14. The molecular formula is C20H27N3O4S. The fraction of sp³-hybridized carbons (Fsp3) is 0.500. The molecule has 0 atom stereocenters. The molecule has 2 rings (SSSR count). The van der Waals surface area contributed by atoms with Crippen LogP contribution in [-0.4, -0.2) is 39.6 Å². The van der Waals surface area contributed by atoms with Crippen LogP contribution in [0.1, 0.15) is 46.1 Å². The molecular weight excluding hydrogens is 378 g/mol. The van der Waals surface area contributed by atoms with Crippen molar-refractivity contribution in [2.45, 2.75) is 46.1 Å². The van der Waals surface area contributed by atoms with Crippen molar-refractivity contribution in [3.05, 3.63) is 46.0 Å². The predicted octanol–water partition coefficient (Wildman–Crippen LogP) is 4.52. The zero-order valence-electron chi connectivity index (χ0n) is 16.7. The second-order valence-electron chi connectivity index (χ2n) is 7.74. The fourth-order valence-electron chi connectivity index (χ4n) is 2.96. The van der Waals surface area contributed by atoms with E-state index in [1.54, 1.807) is 17.0 Å². The van der Waals surface area contributed by atoms with Gasteiger partial charge in [-0.15, -0.1) is 0 Å². The van der Waals surface area contributed by atoms with E-state index in [2.05, 4.69) is 5.32 Å². The summed E-state index contributed by atoms with van der Waals surface area (Å²) in [7, 11) is 0. The summed E-state index contributed by atoms with van der Waals surface area (Å²) in [6.07, 6.45) is 3.14. The Kier molecular flexibility index (Phi) is 7.12. The van der Waals surface area contributed by atoms with E-state index in [9.17, 15) is 14.9 Å². The van der Waals surface area contributed by atoms with Crippen molar-refractivity contribution in [1.29, 1.82) is 0 Å². The van der Waals surface area contributed by atoms with Gasteiger partial charge in [0.05, 0.1) is 9.91 Å². The molecule has 1 saturated heterocycles. The summed E-state index contributed by atoms with van der Waals surface area (Å²) in [5, 5.41) is 14.1. The lowest BCUT2D eigenvalue weighted by molar-refractivity contribution is -0.384. The highest BCUT2D eigenvalue weighted by molar-refractivity contribution is 7.80. The van der Waals surface area contributed by atoms with Crippen LogP contribution in [0.4, 0.5) is 10.5 Å². The van der Waals surface area contributed by atoms with Crippen LogP contribution in [0.3, 0.4) is 0 Å². The number of carbonyl (C=O) groups is 1. The molecule has 0 aliphatic carbocycles. The Hall–Kier alpha value is -2.48. The minimum absolute atomic E-state index is 0.0521. The van der Waals surface area contributed by atoms with Crippen molar-refractivity contribution < 1.29 is 14.5 Å². The average Bonchev–Trinajstić information content (AvgIpc) is 2.64. The predicted molar refractivity (Wildman–Crippen MR) is 113 cm³/mol. The van der Waals surface area contributed by atoms with Crippen LogP contribution in [0, 0.1) is 16.0 Å². The second-order valence-corrected chi connectivity index (χ2v) is 8.18. The number of non-ortho nitro benzene ring substituents is 1. The molecule has 1 aromatic carbocycles. The molecule has 1 amide bonds. The maximum atomic E-state index is 12.2. The van der Waals surface area contributed by atoms with Crippen molar-refractivity contribution in [2.75, 3.05) is 13.1 Å². The third kappa shape index (κ3) is 6.02. The Morgan fingerprint density at radius 1 is 1.29 bits per heavy atom. The number of carbonyl (C=O) groups excluding carboxylic acids is 1. The molecule has 1 N–H and O–H groups in total. The number of benzene rings is 1. The first kappa shape index (κ1) is 21.8. The highest BCUT2D eigenvalue weighted by Gasteiger charge is 2.28. The maximum Gasteiger partial charge on any atom is 0.410 e. The topological polar surface area (TPSA) is 84.7 Å². The summed E-state index contributed by atoms with van der Waals surface area (Å²) in [6, 6.07) is 6.36. The quantitative estimate of drug-likeness (QED) is 0.450. The Balaban J connectivity index is 1.92. The van der Waals surface area contributed by atoms with Gasteiger partial charge in [-0.25, -0.2) is 4.79 Å². The Morgan fingerprint density at radius 2 is 1.86 bits per heavy atom. The molecule has 0 radical (unpaired) electrons. The van der Waals surface area contributed by atoms with Gasteiger partial charge in [-0.2, -0.15) is 0 Å². The van der Waals surface area contributed by atoms with Crippen molar-refractivity contribution in [3.63, 3.8) is 0 Å². The van der Waals surface area contributed by atoms with Crippen LogP contribution in [0.15, 0.2) is 30.3 Å². The number of piperidine rings is 1. The summed E-state index contributed by atoms with van der Waals surface area (Å²) in [5.74, 6) is 0.168. The third-order valence-electron chi connectivity index (χ3n) is 4.45. The first-order valence-electron chi connectivity index (χ1n) is 9.30. The van der Waals surface area contributed by atoms with E-state index >= 15 is 0 Å². The number of thiocarbonyl (C=S) groups is 1. The average molecular weight is 406 g/mol. The molecule has 0 saturated carbocycles. The van der Waals surface area contributed by atoms with Crippen molar-refractivity contribution >= 4 is 34.7 Å². The van der Waals surface area contributed by atoms with Gasteiger partial charge < -0.3 is 15.0 Å². The van der Waals surface area contributed by atoms with Gasteiger partial charge in [0.25, 0.3) is 5.69 Å². The lowest BCUT2D eigenvalue weighted by Gasteiger charge is -2.34. The number of allylic oxidation sites excluding steroid dienone is 1. The van der Waals surface area contributed by atoms with Crippen molar-refractivity contribution in [3.8, 4) is 0 Å². The van der Waals surface area contributed by atoms with E-state index < -0.39 is 10.5 Å². The fourth-order valence-corrected chi connectivity index (χ4v) is 3.30. The molecule has 1 heterocycles. The molecule has 8 heteroatoms. The van der Waals surface area contributed by atoms with E-state index in [0.29, 0.717) is 13.1 Å². The number of nitrogens with one attached hydrogen (secondary N) is 1. The summed E-state index contributed by atoms with van der Waals surface area (Å²) in [5.41, 5.74) is 1.20. The molecule has 152 valence electrons. The number of rotatable bonds is 4. The van der Waals surface area contributed by atoms with Gasteiger partial charge >= 0.3 is 6.09 Å². The van der Waals surface area contributed by atoms with E-state index in [0.717, 1.165) is 29.1 Å². The largest absolute Gasteiger partial charge is 0.444 e. The lowest BCUT2D eigenvalue weighted by Crippen LogP contribution is -2.44. The van der Waals surface area contributed by atoms with Gasteiger partial charge in [0.1, 0.15) is 5.60 Å². The number of ether oxygens (including phenoxy) is 1. The van der Waals surface area contributed by atoms with Gasteiger partial charge in [-0.1, -0.05) is 18.3 Å². The Bertz CT molecular complexity index is 761.